The molecule has 0 atom stereocenters. The van der Waals surface area contributed by atoms with E-state index in [1.54, 1.807) is 13.8 Å². The minimum absolute atomic E-state index is 0.109. The van der Waals surface area contributed by atoms with Gasteiger partial charge in [0, 0.05) is 0 Å². The molecule has 0 unspecified atom stereocenters. The lowest BCUT2D eigenvalue weighted by Gasteiger charge is -2.02. The van der Waals surface area contributed by atoms with Crippen LogP contribution in [0.3, 0.4) is 0 Å². The van der Waals surface area contributed by atoms with Crippen LogP contribution < -0.4 is 0 Å². The maximum absolute atomic E-state index is 10.7. The predicted molar refractivity (Wildman–Crippen MR) is 35.3 cm³/mol. The summed E-state index contributed by atoms with van der Waals surface area (Å²) in [5.41, 5.74) is 0.384. The lowest BCUT2D eigenvalue weighted by Crippen LogP contribution is -2.10. The molecule has 1 N–H and O–H groups in total. The number of rotatable bonds is 3. The van der Waals surface area contributed by atoms with E-state index in [9.17, 15) is 4.79 Å². The Morgan fingerprint density at radius 3 is 2.22 bits per heavy atom. The summed E-state index contributed by atoms with van der Waals surface area (Å²) in [6.45, 7) is 6.69. The molecule has 51 valence electrons. The van der Waals surface area contributed by atoms with Gasteiger partial charge in [-0.3, -0.25) is 4.79 Å². The fraction of sp³-hybridized carbons (Fsp3) is 0.429. The van der Waals surface area contributed by atoms with E-state index in [0.29, 0.717) is 12.0 Å². The average molecular weight is 127 g/mol. The van der Waals surface area contributed by atoms with Gasteiger partial charge in [0.15, 0.2) is 11.9 Å². The van der Waals surface area contributed by atoms with Crippen LogP contribution in [0, 0.1) is 6.10 Å². The topological polar surface area (TPSA) is 37.3 Å². The number of carbonyl (C=O) groups excluding carboxylic acids is 1. The molecule has 0 aliphatic carbocycles. The number of carbonyl (C=O) groups is 1. The maximum Gasteiger partial charge on any atom is 0.192 e. The van der Waals surface area contributed by atoms with E-state index in [1.165, 1.54) is 0 Å². The Kier molecular flexibility index (Phi) is 3.17. The molecule has 0 aromatic rings. The van der Waals surface area contributed by atoms with Crippen molar-refractivity contribution in [3.63, 3.8) is 0 Å². The maximum atomic E-state index is 10.7. The van der Waals surface area contributed by atoms with Crippen LogP contribution in [0.25, 0.3) is 0 Å². The quantitative estimate of drug-likeness (QED) is 0.582. The highest BCUT2D eigenvalue weighted by atomic mass is 16.3. The van der Waals surface area contributed by atoms with E-state index >= 15 is 0 Å². The molecule has 0 saturated carbocycles. The molecule has 2 heteroatoms. The van der Waals surface area contributed by atoms with Crippen molar-refractivity contribution >= 4 is 5.78 Å². The van der Waals surface area contributed by atoms with E-state index in [0.717, 1.165) is 0 Å². The molecule has 0 aromatic carbocycles. The van der Waals surface area contributed by atoms with Crippen LogP contribution in [0.1, 0.15) is 20.3 Å². The third kappa shape index (κ3) is 2.42. The second-order valence-electron chi connectivity index (χ2n) is 1.91. The zero-order valence-electron chi connectivity index (χ0n) is 5.77. The summed E-state index contributed by atoms with van der Waals surface area (Å²) >= 11 is 0. The third-order valence-electron chi connectivity index (χ3n) is 0.985. The van der Waals surface area contributed by atoms with Gasteiger partial charge in [-0.15, -0.1) is 0 Å². The Morgan fingerprint density at radius 2 is 2.11 bits per heavy atom. The molecule has 1 radical (unpaired) electrons. The predicted octanol–water partition coefficient (Wildman–Crippen LogP) is 1.45. The molecule has 0 aromatic heterocycles. The van der Waals surface area contributed by atoms with Crippen molar-refractivity contribution in [1.29, 1.82) is 0 Å². The molecule has 0 rings (SSSR count). The summed E-state index contributed by atoms with van der Waals surface area (Å²) in [5.74, 6) is -0.336. The van der Waals surface area contributed by atoms with E-state index in [2.05, 4.69) is 6.58 Å². The standard InChI is InChI=1S/C7H11O2/c1-4-6(8)7(9)5(2)3/h8H,2,4H2,1,3H3. The van der Waals surface area contributed by atoms with Crippen LogP contribution in [-0.4, -0.2) is 10.9 Å². The van der Waals surface area contributed by atoms with Crippen molar-refractivity contribution in [3.8, 4) is 0 Å². The van der Waals surface area contributed by atoms with Gasteiger partial charge >= 0.3 is 0 Å². The van der Waals surface area contributed by atoms with Crippen molar-refractivity contribution < 1.29 is 9.90 Å². The highest BCUT2D eigenvalue weighted by molar-refractivity contribution is 6.02. The first kappa shape index (κ1) is 8.37. The normalized spacial score (nSPS) is 9.78. The monoisotopic (exact) mass is 127 g/mol. The van der Waals surface area contributed by atoms with Crippen LogP contribution in [0.4, 0.5) is 0 Å². The van der Waals surface area contributed by atoms with E-state index < -0.39 is 0 Å². The number of hydrogen-bond acceptors (Lipinski definition) is 2. The van der Waals surface area contributed by atoms with Crippen molar-refractivity contribution in [2.75, 3.05) is 0 Å². The van der Waals surface area contributed by atoms with Crippen molar-refractivity contribution in [2.45, 2.75) is 20.3 Å². The minimum Gasteiger partial charge on any atom is -0.378 e. The summed E-state index contributed by atoms with van der Waals surface area (Å²) in [6.07, 6.45) is 0.272. The Hall–Kier alpha value is -0.630. The zero-order valence-corrected chi connectivity index (χ0v) is 5.77. The van der Waals surface area contributed by atoms with Gasteiger partial charge in [-0.1, -0.05) is 13.5 Å². The Morgan fingerprint density at radius 1 is 1.67 bits per heavy atom. The number of aliphatic hydroxyl groups is 1. The summed E-state index contributed by atoms with van der Waals surface area (Å²) in [6, 6.07) is 0. The fourth-order valence-corrected chi connectivity index (χ4v) is 0.407. The summed E-state index contributed by atoms with van der Waals surface area (Å²) in [5, 5.41) is 8.80. The molecule has 2 nitrogen and oxygen atoms in total. The lowest BCUT2D eigenvalue weighted by molar-refractivity contribution is -0.117. The van der Waals surface area contributed by atoms with E-state index in [-0.39, 0.29) is 11.9 Å². The molecular weight excluding hydrogens is 116 g/mol. The molecule has 0 amide bonds. The summed E-state index contributed by atoms with van der Waals surface area (Å²) < 4.78 is 0. The first-order valence-corrected chi connectivity index (χ1v) is 2.84. The minimum atomic E-state index is -0.336. The van der Waals surface area contributed by atoms with Gasteiger partial charge in [0.1, 0.15) is 0 Å². The van der Waals surface area contributed by atoms with Crippen LogP contribution in [0.15, 0.2) is 12.2 Å². The van der Waals surface area contributed by atoms with Crippen LogP contribution in [-0.2, 0) is 4.79 Å². The highest BCUT2D eigenvalue weighted by Crippen LogP contribution is 2.06. The number of aliphatic hydroxyl groups excluding tert-OH is 1. The molecule has 0 heterocycles. The van der Waals surface area contributed by atoms with Gasteiger partial charge in [0.2, 0.25) is 0 Å². The van der Waals surface area contributed by atoms with E-state index in [1.807, 2.05) is 0 Å². The van der Waals surface area contributed by atoms with Gasteiger partial charge in [-0.25, -0.2) is 0 Å². The molecule has 0 aliphatic heterocycles. The first-order chi connectivity index (χ1) is 4.09. The van der Waals surface area contributed by atoms with Gasteiger partial charge in [-0.05, 0) is 18.9 Å². The molecule has 0 aliphatic rings. The van der Waals surface area contributed by atoms with Gasteiger partial charge in [-0.2, -0.15) is 0 Å². The Bertz CT molecular complexity index is 127. The Labute approximate surface area is 55.2 Å². The largest absolute Gasteiger partial charge is 0.378 e. The van der Waals surface area contributed by atoms with Crippen LogP contribution in [0.2, 0.25) is 0 Å². The van der Waals surface area contributed by atoms with Gasteiger partial charge < -0.3 is 5.11 Å². The molecule has 0 saturated heterocycles. The molecule has 0 spiro atoms. The van der Waals surface area contributed by atoms with Crippen LogP contribution >= 0.6 is 0 Å². The fourth-order valence-electron chi connectivity index (χ4n) is 0.407. The van der Waals surface area contributed by atoms with Crippen molar-refractivity contribution in [3.05, 3.63) is 18.3 Å². The van der Waals surface area contributed by atoms with Gasteiger partial charge in [0.25, 0.3) is 0 Å². The molecule has 9 heavy (non-hydrogen) atoms. The molecule has 0 bridgehead atoms. The summed E-state index contributed by atoms with van der Waals surface area (Å²) in [4.78, 5) is 10.7. The zero-order chi connectivity index (χ0) is 7.44. The second-order valence-corrected chi connectivity index (χ2v) is 1.91. The number of Topliss-reactive ketones (excluding diaryl/α,β-unsaturated/α-hetero) is 1. The molecular formula is C7H11O2. The second kappa shape index (κ2) is 3.41. The summed E-state index contributed by atoms with van der Waals surface area (Å²) in [7, 11) is 0. The van der Waals surface area contributed by atoms with E-state index in [4.69, 9.17) is 5.11 Å². The molecule has 0 fully saturated rings. The smallest absolute Gasteiger partial charge is 0.192 e. The van der Waals surface area contributed by atoms with Crippen molar-refractivity contribution in [2.24, 2.45) is 0 Å². The Balaban J connectivity index is 3.88. The van der Waals surface area contributed by atoms with Gasteiger partial charge in [0.05, 0.1) is 0 Å². The van der Waals surface area contributed by atoms with Crippen LogP contribution in [0.5, 0.6) is 0 Å². The third-order valence-corrected chi connectivity index (χ3v) is 0.985. The number of ketones is 1. The lowest BCUT2D eigenvalue weighted by atomic mass is 10.1. The van der Waals surface area contributed by atoms with Crippen molar-refractivity contribution in [1.82, 2.24) is 0 Å². The highest BCUT2D eigenvalue weighted by Gasteiger charge is 2.13. The SMILES string of the molecule is C=C(C)C(=O)[C](O)CC. The first-order valence-electron chi connectivity index (χ1n) is 2.84. The number of hydrogen-bond donors (Lipinski definition) is 1. The average Bonchev–Trinajstić information content (AvgIpc) is 1.84.